The van der Waals surface area contributed by atoms with Gasteiger partial charge in [-0.2, -0.15) is 5.26 Å². The van der Waals surface area contributed by atoms with Gasteiger partial charge in [0.1, 0.15) is 11.6 Å². The van der Waals surface area contributed by atoms with Gasteiger partial charge >= 0.3 is 0 Å². The molecule has 0 atom stereocenters. The first-order valence-electron chi connectivity index (χ1n) is 7.74. The second-order valence-corrected chi connectivity index (χ2v) is 6.16. The first-order valence-corrected chi connectivity index (χ1v) is 8.50. The summed E-state index contributed by atoms with van der Waals surface area (Å²) in [6.45, 7) is 0.458. The van der Waals surface area contributed by atoms with Crippen molar-refractivity contribution in [1.29, 1.82) is 5.26 Å². The van der Waals surface area contributed by atoms with Crippen molar-refractivity contribution in [3.63, 3.8) is 0 Å². The molecule has 2 rings (SSSR count). The topological polar surface area (TPSA) is 108 Å². The number of benzene rings is 2. The molecule has 9 heteroatoms. The Balaban J connectivity index is 2.00. The molecule has 0 saturated carbocycles. The zero-order chi connectivity index (χ0) is 19.8. The van der Waals surface area contributed by atoms with Crippen LogP contribution in [0.2, 0.25) is 10.0 Å². The summed E-state index contributed by atoms with van der Waals surface area (Å²) in [5, 5.41) is 26.0. The maximum absolute atomic E-state index is 12.2. The lowest BCUT2D eigenvalue weighted by atomic mass is 10.1. The number of nitrogens with one attached hydrogen (secondary N) is 2. The van der Waals surface area contributed by atoms with Crippen LogP contribution in [0.25, 0.3) is 0 Å². The number of anilines is 1. The Bertz CT molecular complexity index is 938. The van der Waals surface area contributed by atoms with Crippen molar-refractivity contribution in [3.8, 4) is 6.07 Å². The molecular weight excluding hydrogens is 391 g/mol. The van der Waals surface area contributed by atoms with E-state index in [0.29, 0.717) is 18.0 Å². The van der Waals surface area contributed by atoms with Crippen LogP contribution in [0, 0.1) is 21.4 Å². The molecule has 0 spiro atoms. The van der Waals surface area contributed by atoms with Crippen molar-refractivity contribution in [2.24, 2.45) is 0 Å². The molecule has 0 aliphatic heterocycles. The summed E-state index contributed by atoms with van der Waals surface area (Å²) in [5.41, 5.74) is 0.561. The molecule has 0 aromatic heterocycles. The maximum Gasteiger partial charge on any atom is 0.271 e. The molecule has 0 unspecified atom stereocenters. The fraction of sp³-hybridized carbons (Fsp3) is 0.111. The van der Waals surface area contributed by atoms with E-state index in [-0.39, 0.29) is 22.0 Å². The smallest absolute Gasteiger partial charge is 0.271 e. The molecule has 138 valence electrons. The number of hydrogen-bond acceptors (Lipinski definition) is 5. The standard InChI is InChI=1S/C18H14Cl2N4O3/c19-15-4-2-1-3-12(15)7-8-22-11-13(10-21)18(25)23-17-9-14(24(26)27)5-6-16(17)20/h1-6,9,11,22H,7-8H2,(H,23,25)/b13-11-. The molecule has 0 bridgehead atoms. The highest BCUT2D eigenvalue weighted by molar-refractivity contribution is 6.34. The molecule has 0 aliphatic carbocycles. The number of carbonyl (C=O) groups is 1. The molecule has 2 aromatic rings. The molecule has 0 saturated heterocycles. The van der Waals surface area contributed by atoms with E-state index in [9.17, 15) is 14.9 Å². The van der Waals surface area contributed by atoms with Gasteiger partial charge in [-0.25, -0.2) is 0 Å². The third kappa shape index (κ3) is 5.71. The Hall–Kier alpha value is -3.08. The number of rotatable bonds is 7. The third-order valence-electron chi connectivity index (χ3n) is 3.52. The highest BCUT2D eigenvalue weighted by atomic mass is 35.5. The second-order valence-electron chi connectivity index (χ2n) is 5.34. The number of halogens is 2. The fourth-order valence-electron chi connectivity index (χ4n) is 2.14. The van der Waals surface area contributed by atoms with Crippen LogP contribution in [-0.2, 0) is 11.2 Å². The van der Waals surface area contributed by atoms with E-state index < -0.39 is 10.8 Å². The molecule has 2 N–H and O–H groups in total. The van der Waals surface area contributed by atoms with E-state index in [1.54, 1.807) is 12.1 Å². The van der Waals surface area contributed by atoms with Crippen LogP contribution in [0.5, 0.6) is 0 Å². The summed E-state index contributed by atoms with van der Waals surface area (Å²) in [6.07, 6.45) is 1.88. The summed E-state index contributed by atoms with van der Waals surface area (Å²) in [4.78, 5) is 22.4. The zero-order valence-corrected chi connectivity index (χ0v) is 15.4. The average Bonchev–Trinajstić information content (AvgIpc) is 2.64. The molecule has 7 nitrogen and oxygen atoms in total. The van der Waals surface area contributed by atoms with Crippen molar-refractivity contribution in [2.45, 2.75) is 6.42 Å². The Morgan fingerprint density at radius 3 is 2.63 bits per heavy atom. The number of carbonyl (C=O) groups excluding carboxylic acids is 1. The number of amides is 1. The molecule has 2 aromatic carbocycles. The van der Waals surface area contributed by atoms with Crippen LogP contribution in [-0.4, -0.2) is 17.4 Å². The van der Waals surface area contributed by atoms with Crippen molar-refractivity contribution in [2.75, 3.05) is 11.9 Å². The predicted octanol–water partition coefficient (Wildman–Crippen LogP) is 4.08. The number of nitrogens with zero attached hydrogens (tertiary/aromatic N) is 2. The first kappa shape index (κ1) is 20.2. The van der Waals surface area contributed by atoms with Crippen LogP contribution in [0.1, 0.15) is 5.56 Å². The molecule has 0 fully saturated rings. The van der Waals surface area contributed by atoms with Gasteiger partial charge in [0.15, 0.2) is 0 Å². The number of nitro groups is 1. The number of hydrogen-bond donors (Lipinski definition) is 2. The van der Waals surface area contributed by atoms with E-state index in [0.717, 1.165) is 11.6 Å². The minimum absolute atomic E-state index is 0.0492. The van der Waals surface area contributed by atoms with E-state index >= 15 is 0 Å². The maximum atomic E-state index is 12.2. The first-order chi connectivity index (χ1) is 12.9. The fourth-order valence-corrected chi connectivity index (χ4v) is 2.54. The van der Waals surface area contributed by atoms with E-state index in [4.69, 9.17) is 28.5 Å². The highest BCUT2D eigenvalue weighted by Gasteiger charge is 2.14. The van der Waals surface area contributed by atoms with E-state index in [2.05, 4.69) is 10.6 Å². The Labute approximate surface area is 165 Å². The quantitative estimate of drug-likeness (QED) is 0.237. The molecular formula is C18H14Cl2N4O3. The monoisotopic (exact) mass is 404 g/mol. The summed E-state index contributed by atoms with van der Waals surface area (Å²) in [7, 11) is 0. The normalized spacial score (nSPS) is 10.8. The molecule has 0 radical (unpaired) electrons. The van der Waals surface area contributed by atoms with E-state index in [1.165, 1.54) is 18.3 Å². The van der Waals surface area contributed by atoms with Gasteiger partial charge in [-0.05, 0) is 24.1 Å². The van der Waals surface area contributed by atoms with Crippen LogP contribution in [0.3, 0.4) is 0 Å². The Kier molecular flexibility index (Phi) is 7.17. The molecule has 1 amide bonds. The van der Waals surface area contributed by atoms with Crippen LogP contribution in [0.15, 0.2) is 54.2 Å². The van der Waals surface area contributed by atoms with Crippen LogP contribution in [0.4, 0.5) is 11.4 Å². The minimum Gasteiger partial charge on any atom is -0.389 e. The lowest BCUT2D eigenvalue weighted by molar-refractivity contribution is -0.384. The van der Waals surface area contributed by atoms with Gasteiger partial charge in [0, 0.05) is 29.9 Å². The minimum atomic E-state index is -0.731. The van der Waals surface area contributed by atoms with Gasteiger partial charge in [0.25, 0.3) is 11.6 Å². The van der Waals surface area contributed by atoms with Gasteiger partial charge in [-0.3, -0.25) is 14.9 Å². The Morgan fingerprint density at radius 1 is 1.22 bits per heavy atom. The molecule has 27 heavy (non-hydrogen) atoms. The number of nitro benzene ring substituents is 1. The zero-order valence-electron chi connectivity index (χ0n) is 13.9. The van der Waals surface area contributed by atoms with Crippen molar-refractivity contribution in [1.82, 2.24) is 5.32 Å². The van der Waals surface area contributed by atoms with Crippen molar-refractivity contribution in [3.05, 3.63) is 80.0 Å². The number of nitriles is 1. The highest BCUT2D eigenvalue weighted by Crippen LogP contribution is 2.27. The van der Waals surface area contributed by atoms with Gasteiger partial charge in [-0.15, -0.1) is 0 Å². The lowest BCUT2D eigenvalue weighted by Crippen LogP contribution is -2.18. The summed E-state index contributed by atoms with van der Waals surface area (Å²) in [6, 6.07) is 12.8. The summed E-state index contributed by atoms with van der Waals surface area (Å²) in [5.74, 6) is -0.731. The second kappa shape index (κ2) is 9.57. The summed E-state index contributed by atoms with van der Waals surface area (Å²) < 4.78 is 0. The largest absolute Gasteiger partial charge is 0.389 e. The van der Waals surface area contributed by atoms with Gasteiger partial charge in [0.05, 0.1) is 15.6 Å². The van der Waals surface area contributed by atoms with Crippen molar-refractivity contribution >= 4 is 40.5 Å². The van der Waals surface area contributed by atoms with Crippen LogP contribution < -0.4 is 10.6 Å². The van der Waals surface area contributed by atoms with E-state index in [1.807, 2.05) is 18.2 Å². The van der Waals surface area contributed by atoms with Crippen molar-refractivity contribution < 1.29 is 9.72 Å². The Morgan fingerprint density at radius 2 is 1.96 bits per heavy atom. The SMILES string of the molecule is N#C/C(=C/NCCc1ccccc1Cl)C(=O)Nc1cc([N+](=O)[O-])ccc1Cl. The van der Waals surface area contributed by atoms with Gasteiger partial charge in [-0.1, -0.05) is 41.4 Å². The lowest BCUT2D eigenvalue weighted by Gasteiger charge is -2.07. The van der Waals surface area contributed by atoms with Crippen LogP contribution >= 0.6 is 23.2 Å². The third-order valence-corrected chi connectivity index (χ3v) is 4.22. The predicted molar refractivity (Wildman–Crippen MR) is 104 cm³/mol. The average molecular weight is 405 g/mol. The molecule has 0 heterocycles. The summed E-state index contributed by atoms with van der Waals surface area (Å²) >= 11 is 12.0. The number of non-ortho nitro benzene ring substituents is 1. The molecule has 0 aliphatic rings. The van der Waals surface area contributed by atoms with Gasteiger partial charge < -0.3 is 10.6 Å². The van der Waals surface area contributed by atoms with Gasteiger partial charge in [0.2, 0.25) is 0 Å².